The number of hydrogen-bond donors (Lipinski definition) is 0. The Balaban J connectivity index is 2.07. The molecule has 0 bridgehead atoms. The summed E-state index contributed by atoms with van der Waals surface area (Å²) >= 11 is 0. The molecule has 0 amide bonds. The zero-order valence-electron chi connectivity index (χ0n) is 9.91. The van der Waals surface area contributed by atoms with Gasteiger partial charge in [-0.1, -0.05) is 12.1 Å². The van der Waals surface area contributed by atoms with E-state index in [1.54, 1.807) is 12.1 Å². The predicted molar refractivity (Wildman–Crippen MR) is 65.6 cm³/mol. The third kappa shape index (κ3) is 1.86. The lowest BCUT2D eigenvalue weighted by Crippen LogP contribution is -2.05. The van der Waals surface area contributed by atoms with Crippen LogP contribution in [0.15, 0.2) is 36.4 Å². The monoisotopic (exact) mass is 246 g/mol. The van der Waals surface area contributed by atoms with Crippen LogP contribution in [0.1, 0.15) is 12.5 Å². The number of rotatable bonds is 1. The van der Waals surface area contributed by atoms with E-state index >= 15 is 0 Å². The highest BCUT2D eigenvalue weighted by atomic mass is 19.1. The first-order chi connectivity index (χ1) is 8.63. The van der Waals surface area contributed by atoms with Crippen LogP contribution in [0.25, 0.3) is 11.1 Å². The van der Waals surface area contributed by atoms with Crippen LogP contribution in [-0.2, 0) is 6.42 Å². The minimum absolute atomic E-state index is 0.0120. The molecular weight excluding hydrogens is 234 g/mol. The Kier molecular flexibility index (Phi) is 2.54. The molecule has 0 saturated carbocycles. The first kappa shape index (κ1) is 11.2. The molecular formula is C15H12F2O. The summed E-state index contributed by atoms with van der Waals surface area (Å²) in [5.74, 6) is -0.290. The SMILES string of the molecule is CC1Cc2cc(-c3ccc(F)cc3)cc(F)c2O1. The van der Waals surface area contributed by atoms with E-state index in [0.717, 1.165) is 16.7 Å². The minimum Gasteiger partial charge on any atom is -0.487 e. The van der Waals surface area contributed by atoms with Gasteiger partial charge in [0, 0.05) is 12.0 Å². The fourth-order valence-corrected chi connectivity index (χ4v) is 2.30. The van der Waals surface area contributed by atoms with Crippen LogP contribution in [0.2, 0.25) is 0 Å². The van der Waals surface area contributed by atoms with Gasteiger partial charge in [-0.3, -0.25) is 0 Å². The topological polar surface area (TPSA) is 9.23 Å². The summed E-state index contributed by atoms with van der Waals surface area (Å²) in [4.78, 5) is 0. The lowest BCUT2D eigenvalue weighted by molar-refractivity contribution is 0.245. The number of fused-ring (bicyclic) bond motifs is 1. The van der Waals surface area contributed by atoms with Gasteiger partial charge in [-0.15, -0.1) is 0 Å². The number of benzene rings is 2. The van der Waals surface area contributed by atoms with Crippen molar-refractivity contribution in [1.29, 1.82) is 0 Å². The first-order valence-electron chi connectivity index (χ1n) is 5.88. The van der Waals surface area contributed by atoms with Gasteiger partial charge in [-0.2, -0.15) is 0 Å². The van der Waals surface area contributed by atoms with Crippen molar-refractivity contribution in [3.8, 4) is 16.9 Å². The molecule has 3 rings (SSSR count). The maximum atomic E-state index is 13.9. The van der Waals surface area contributed by atoms with Crippen LogP contribution in [0.5, 0.6) is 5.75 Å². The Morgan fingerprint density at radius 2 is 1.78 bits per heavy atom. The van der Waals surface area contributed by atoms with Crippen molar-refractivity contribution < 1.29 is 13.5 Å². The van der Waals surface area contributed by atoms with Crippen molar-refractivity contribution in [2.24, 2.45) is 0 Å². The quantitative estimate of drug-likeness (QED) is 0.740. The molecule has 0 spiro atoms. The van der Waals surface area contributed by atoms with E-state index in [0.29, 0.717) is 12.2 Å². The molecule has 2 aromatic carbocycles. The molecule has 0 radical (unpaired) electrons. The Morgan fingerprint density at radius 1 is 1.06 bits per heavy atom. The number of hydrogen-bond acceptors (Lipinski definition) is 1. The molecule has 1 unspecified atom stereocenters. The van der Waals surface area contributed by atoms with Crippen LogP contribution in [0.3, 0.4) is 0 Å². The van der Waals surface area contributed by atoms with Gasteiger partial charge in [0.25, 0.3) is 0 Å². The Labute approximate surface area is 104 Å². The average Bonchev–Trinajstić information content (AvgIpc) is 2.71. The van der Waals surface area contributed by atoms with Gasteiger partial charge in [-0.25, -0.2) is 8.78 Å². The average molecular weight is 246 g/mol. The lowest BCUT2D eigenvalue weighted by atomic mass is 10.0. The van der Waals surface area contributed by atoms with Gasteiger partial charge in [0.2, 0.25) is 0 Å². The number of halogens is 2. The molecule has 0 aromatic heterocycles. The van der Waals surface area contributed by atoms with Crippen molar-refractivity contribution in [1.82, 2.24) is 0 Å². The summed E-state index contributed by atoms with van der Waals surface area (Å²) in [6.07, 6.45) is 0.722. The van der Waals surface area contributed by atoms with Gasteiger partial charge in [0.15, 0.2) is 11.6 Å². The largest absolute Gasteiger partial charge is 0.487 e. The van der Waals surface area contributed by atoms with E-state index in [2.05, 4.69) is 0 Å². The van der Waals surface area contributed by atoms with Crippen molar-refractivity contribution >= 4 is 0 Å². The number of ether oxygens (including phenoxy) is 1. The van der Waals surface area contributed by atoms with Crippen LogP contribution in [0, 0.1) is 11.6 Å². The maximum Gasteiger partial charge on any atom is 0.165 e. The van der Waals surface area contributed by atoms with Crippen LogP contribution in [0.4, 0.5) is 8.78 Å². The molecule has 0 fully saturated rings. The van der Waals surface area contributed by atoms with Crippen LogP contribution in [-0.4, -0.2) is 6.10 Å². The fourth-order valence-electron chi connectivity index (χ4n) is 2.30. The predicted octanol–water partition coefficient (Wildman–Crippen LogP) is 3.96. The molecule has 18 heavy (non-hydrogen) atoms. The second-order valence-electron chi connectivity index (χ2n) is 4.59. The molecule has 1 aliphatic rings. The van der Waals surface area contributed by atoms with E-state index in [9.17, 15) is 8.78 Å². The highest BCUT2D eigenvalue weighted by Gasteiger charge is 2.23. The van der Waals surface area contributed by atoms with E-state index < -0.39 is 0 Å². The fraction of sp³-hybridized carbons (Fsp3) is 0.200. The third-order valence-corrected chi connectivity index (χ3v) is 3.12. The van der Waals surface area contributed by atoms with Crippen molar-refractivity contribution in [3.05, 3.63) is 53.6 Å². The van der Waals surface area contributed by atoms with Crippen LogP contribution < -0.4 is 4.74 Å². The van der Waals surface area contributed by atoms with Gasteiger partial charge < -0.3 is 4.74 Å². The molecule has 0 saturated heterocycles. The third-order valence-electron chi connectivity index (χ3n) is 3.12. The maximum absolute atomic E-state index is 13.9. The second-order valence-corrected chi connectivity index (χ2v) is 4.59. The summed E-state index contributed by atoms with van der Waals surface area (Å²) in [6, 6.07) is 9.39. The van der Waals surface area contributed by atoms with Crippen molar-refractivity contribution in [3.63, 3.8) is 0 Å². The summed E-state index contributed by atoms with van der Waals surface area (Å²) in [7, 11) is 0. The van der Waals surface area contributed by atoms with E-state index in [4.69, 9.17) is 4.74 Å². The molecule has 1 heterocycles. The van der Waals surface area contributed by atoms with Gasteiger partial charge in [0.1, 0.15) is 11.9 Å². The Bertz CT molecular complexity index is 590. The Morgan fingerprint density at radius 3 is 2.50 bits per heavy atom. The summed E-state index contributed by atoms with van der Waals surface area (Å²) in [5.41, 5.74) is 2.43. The first-order valence-corrected chi connectivity index (χ1v) is 5.88. The second kappa shape index (κ2) is 4.09. The zero-order chi connectivity index (χ0) is 12.7. The molecule has 0 N–H and O–H groups in total. The smallest absolute Gasteiger partial charge is 0.165 e. The molecule has 2 aromatic rings. The van der Waals surface area contributed by atoms with Gasteiger partial charge in [0.05, 0.1) is 0 Å². The normalized spacial score (nSPS) is 17.4. The highest BCUT2D eigenvalue weighted by Crippen LogP contribution is 2.35. The van der Waals surface area contributed by atoms with Crippen molar-refractivity contribution in [2.45, 2.75) is 19.4 Å². The zero-order valence-corrected chi connectivity index (χ0v) is 9.91. The molecule has 1 atom stereocenters. The van der Waals surface area contributed by atoms with Crippen molar-refractivity contribution in [2.75, 3.05) is 0 Å². The molecule has 92 valence electrons. The van der Waals surface area contributed by atoms with Gasteiger partial charge >= 0.3 is 0 Å². The van der Waals surface area contributed by atoms with E-state index in [1.807, 2.05) is 13.0 Å². The summed E-state index contributed by atoms with van der Waals surface area (Å²) < 4.78 is 32.2. The van der Waals surface area contributed by atoms with Gasteiger partial charge in [-0.05, 0) is 42.3 Å². The summed E-state index contributed by atoms with van der Waals surface area (Å²) in [5, 5.41) is 0. The highest BCUT2D eigenvalue weighted by molar-refractivity contribution is 5.66. The summed E-state index contributed by atoms with van der Waals surface area (Å²) in [6.45, 7) is 1.91. The Hall–Kier alpha value is -1.90. The molecule has 0 aliphatic carbocycles. The molecule has 1 aliphatic heterocycles. The molecule has 1 nitrogen and oxygen atoms in total. The van der Waals surface area contributed by atoms with Crippen LogP contribution >= 0.6 is 0 Å². The van der Waals surface area contributed by atoms with E-state index in [1.165, 1.54) is 18.2 Å². The minimum atomic E-state index is -0.351. The lowest BCUT2D eigenvalue weighted by Gasteiger charge is -2.06. The standard InChI is InChI=1S/C15H12F2O/c1-9-6-12-7-11(8-14(17)15(12)18-9)10-2-4-13(16)5-3-10/h2-5,7-9H,6H2,1H3. The molecule has 3 heteroatoms. The van der Waals surface area contributed by atoms with E-state index in [-0.39, 0.29) is 17.7 Å².